The van der Waals surface area contributed by atoms with Gasteiger partial charge < -0.3 is 4.74 Å². The van der Waals surface area contributed by atoms with E-state index >= 15 is 0 Å². The van der Waals surface area contributed by atoms with Gasteiger partial charge in [-0.1, -0.05) is 88.6 Å². The molecular formula is C34H43NO5. The molecule has 0 spiro atoms. The number of carbonyl (C=O) groups is 2. The molecule has 0 fully saturated rings. The standard InChI is InChI=1S/C34H43NO5/c1-2-3-4-5-6-7-8-9-10-11-12-13-14-15-16-20-30(36)24-28-21-22-32-31(25-28)34(37)33(40-32)26-27-18-17-19-29(23-27)35(38)39/h9-10,17-19,21-23,25-26H,2-8,11-16,20,24H2,1H3/b10-9+,33-26-. The van der Waals surface area contributed by atoms with E-state index in [4.69, 9.17) is 4.74 Å². The van der Waals surface area contributed by atoms with E-state index in [1.807, 2.05) is 6.07 Å². The summed E-state index contributed by atoms with van der Waals surface area (Å²) in [6.45, 7) is 2.25. The van der Waals surface area contributed by atoms with Crippen molar-refractivity contribution >= 4 is 23.3 Å². The number of Topliss-reactive ketones (excluding diaryl/α,β-unsaturated/α-hetero) is 2. The van der Waals surface area contributed by atoms with Crippen LogP contribution in [0.15, 0.2) is 60.4 Å². The summed E-state index contributed by atoms with van der Waals surface area (Å²) in [5.41, 5.74) is 1.68. The topological polar surface area (TPSA) is 86.5 Å². The van der Waals surface area contributed by atoms with Crippen LogP contribution < -0.4 is 4.74 Å². The summed E-state index contributed by atoms with van der Waals surface area (Å²) < 4.78 is 5.70. The van der Waals surface area contributed by atoms with Gasteiger partial charge in [0.2, 0.25) is 5.78 Å². The molecule has 0 aromatic heterocycles. The Balaban J connectivity index is 1.31. The predicted molar refractivity (Wildman–Crippen MR) is 161 cm³/mol. The molecule has 0 saturated carbocycles. The van der Waals surface area contributed by atoms with Crippen LogP contribution in [0.3, 0.4) is 0 Å². The zero-order valence-electron chi connectivity index (χ0n) is 23.9. The molecule has 214 valence electrons. The van der Waals surface area contributed by atoms with Gasteiger partial charge in [-0.2, -0.15) is 0 Å². The van der Waals surface area contributed by atoms with E-state index in [0.717, 1.165) is 31.2 Å². The second-order valence-electron chi connectivity index (χ2n) is 10.7. The van der Waals surface area contributed by atoms with Crippen molar-refractivity contribution in [1.82, 2.24) is 0 Å². The lowest BCUT2D eigenvalue weighted by molar-refractivity contribution is -0.384. The second kappa shape index (κ2) is 17.2. The van der Waals surface area contributed by atoms with Gasteiger partial charge in [0.05, 0.1) is 10.5 Å². The number of non-ortho nitro benzene ring substituents is 1. The summed E-state index contributed by atoms with van der Waals surface area (Å²) in [6, 6.07) is 11.3. The lowest BCUT2D eigenvalue weighted by atomic mass is 10.00. The van der Waals surface area contributed by atoms with Crippen molar-refractivity contribution in [1.29, 1.82) is 0 Å². The molecule has 0 N–H and O–H groups in total. The van der Waals surface area contributed by atoms with E-state index < -0.39 is 4.92 Å². The number of nitrogens with zero attached hydrogens (tertiary/aromatic N) is 1. The number of nitro groups is 1. The number of ketones is 2. The van der Waals surface area contributed by atoms with Crippen LogP contribution >= 0.6 is 0 Å². The minimum absolute atomic E-state index is 0.0515. The molecule has 2 aromatic rings. The highest BCUT2D eigenvalue weighted by molar-refractivity contribution is 6.14. The molecule has 6 nitrogen and oxygen atoms in total. The lowest BCUT2D eigenvalue weighted by Crippen LogP contribution is -2.03. The smallest absolute Gasteiger partial charge is 0.270 e. The van der Waals surface area contributed by atoms with E-state index in [-0.39, 0.29) is 23.0 Å². The average Bonchev–Trinajstić information content (AvgIpc) is 3.25. The van der Waals surface area contributed by atoms with Gasteiger partial charge in [0.25, 0.3) is 5.69 Å². The summed E-state index contributed by atoms with van der Waals surface area (Å²) >= 11 is 0. The largest absolute Gasteiger partial charge is 0.452 e. The third-order valence-electron chi connectivity index (χ3n) is 7.23. The first-order valence-corrected chi connectivity index (χ1v) is 15.0. The quantitative estimate of drug-likeness (QED) is 0.0577. The summed E-state index contributed by atoms with van der Waals surface area (Å²) in [6.07, 6.45) is 23.0. The Morgan fingerprint density at radius 3 is 2.25 bits per heavy atom. The van der Waals surface area contributed by atoms with E-state index in [9.17, 15) is 19.7 Å². The van der Waals surface area contributed by atoms with Crippen molar-refractivity contribution in [2.24, 2.45) is 0 Å². The molecule has 40 heavy (non-hydrogen) atoms. The maximum atomic E-state index is 12.9. The van der Waals surface area contributed by atoms with Crippen molar-refractivity contribution in [3.8, 4) is 5.75 Å². The van der Waals surface area contributed by atoms with Crippen molar-refractivity contribution in [3.05, 3.63) is 87.2 Å². The molecule has 0 atom stereocenters. The van der Waals surface area contributed by atoms with Gasteiger partial charge in [-0.25, -0.2) is 0 Å². The van der Waals surface area contributed by atoms with Gasteiger partial charge in [0.15, 0.2) is 5.76 Å². The van der Waals surface area contributed by atoms with Gasteiger partial charge in [-0.15, -0.1) is 0 Å². The maximum Gasteiger partial charge on any atom is 0.270 e. The van der Waals surface area contributed by atoms with Gasteiger partial charge >= 0.3 is 0 Å². The first-order valence-electron chi connectivity index (χ1n) is 15.0. The molecule has 1 aliphatic rings. The Morgan fingerprint density at radius 1 is 0.875 bits per heavy atom. The fraction of sp³-hybridized carbons (Fsp3) is 0.471. The minimum atomic E-state index is -0.478. The number of fused-ring (bicyclic) bond motifs is 1. The van der Waals surface area contributed by atoms with Crippen LogP contribution in [0.4, 0.5) is 5.69 Å². The number of benzene rings is 2. The Morgan fingerprint density at radius 2 is 1.55 bits per heavy atom. The molecule has 0 aliphatic carbocycles. The molecule has 1 aliphatic heterocycles. The highest BCUT2D eigenvalue weighted by atomic mass is 16.6. The molecule has 3 rings (SSSR count). The highest BCUT2D eigenvalue weighted by Gasteiger charge is 2.28. The Hall–Kier alpha value is -3.54. The molecule has 6 heteroatoms. The van der Waals surface area contributed by atoms with Crippen molar-refractivity contribution < 1.29 is 19.2 Å². The van der Waals surface area contributed by atoms with E-state index in [2.05, 4.69) is 19.1 Å². The van der Waals surface area contributed by atoms with Crippen LogP contribution in [-0.2, 0) is 11.2 Å². The number of hydrogen-bond donors (Lipinski definition) is 0. The van der Waals surface area contributed by atoms with Crippen molar-refractivity contribution in [2.75, 3.05) is 0 Å². The van der Waals surface area contributed by atoms with Crippen LogP contribution in [0.2, 0.25) is 0 Å². The van der Waals surface area contributed by atoms with Gasteiger partial charge in [-0.3, -0.25) is 19.7 Å². The SMILES string of the molecule is CCCCCCCC/C=C/CCCCCCCC(=O)Cc1ccc2c(c1)C(=O)/C(=C/c1cccc([N+](=O)[O-])c1)O2. The average molecular weight is 546 g/mol. The molecule has 0 unspecified atom stereocenters. The molecule has 0 radical (unpaired) electrons. The van der Waals surface area contributed by atoms with Gasteiger partial charge in [-0.05, 0) is 61.4 Å². The Kier molecular flexibility index (Phi) is 13.3. The zero-order chi connectivity index (χ0) is 28.6. The zero-order valence-corrected chi connectivity index (χ0v) is 23.9. The summed E-state index contributed by atoms with van der Waals surface area (Å²) in [4.78, 5) is 35.9. The third-order valence-corrected chi connectivity index (χ3v) is 7.23. The first kappa shape index (κ1) is 31.0. The van der Waals surface area contributed by atoms with E-state index in [0.29, 0.717) is 29.7 Å². The first-order chi connectivity index (χ1) is 19.5. The maximum absolute atomic E-state index is 12.9. The number of rotatable bonds is 19. The summed E-state index contributed by atoms with van der Waals surface area (Å²) in [5.74, 6) is 0.451. The molecule has 0 bridgehead atoms. The second-order valence-corrected chi connectivity index (χ2v) is 10.7. The number of hydrogen-bond acceptors (Lipinski definition) is 5. The summed E-state index contributed by atoms with van der Waals surface area (Å²) in [7, 11) is 0. The number of allylic oxidation sites excluding steroid dienone is 3. The number of carbonyl (C=O) groups excluding carboxylic acids is 2. The number of nitro benzene ring substituents is 1. The number of unbranched alkanes of at least 4 members (excludes halogenated alkanes) is 11. The third kappa shape index (κ3) is 10.6. The van der Waals surface area contributed by atoms with Crippen molar-refractivity contribution in [2.45, 2.75) is 103 Å². The molecule has 1 heterocycles. The van der Waals surface area contributed by atoms with Crippen LogP contribution in [0.5, 0.6) is 5.75 Å². The van der Waals surface area contributed by atoms with Crippen LogP contribution in [0.25, 0.3) is 6.08 Å². The lowest BCUT2D eigenvalue weighted by Gasteiger charge is -2.04. The Labute approximate surface area is 238 Å². The van der Waals surface area contributed by atoms with E-state index in [1.165, 1.54) is 76.0 Å². The fourth-order valence-corrected chi connectivity index (χ4v) is 4.93. The van der Waals surface area contributed by atoms with Crippen LogP contribution in [0.1, 0.15) is 118 Å². The normalized spacial score (nSPS) is 13.6. The molecule has 0 amide bonds. The monoisotopic (exact) mass is 545 g/mol. The Bertz CT molecular complexity index is 1200. The van der Waals surface area contributed by atoms with E-state index in [1.54, 1.807) is 24.3 Å². The minimum Gasteiger partial charge on any atom is -0.452 e. The summed E-state index contributed by atoms with van der Waals surface area (Å²) in [5, 5.41) is 11.0. The van der Waals surface area contributed by atoms with Gasteiger partial charge in [0, 0.05) is 25.0 Å². The number of ether oxygens (including phenoxy) is 1. The molecular weight excluding hydrogens is 502 g/mol. The predicted octanol–water partition coefficient (Wildman–Crippen LogP) is 9.36. The van der Waals surface area contributed by atoms with Crippen LogP contribution in [0, 0.1) is 10.1 Å². The molecule has 2 aromatic carbocycles. The van der Waals surface area contributed by atoms with Crippen molar-refractivity contribution in [3.63, 3.8) is 0 Å². The van der Waals surface area contributed by atoms with Crippen LogP contribution in [-0.4, -0.2) is 16.5 Å². The fourth-order valence-electron chi connectivity index (χ4n) is 4.93. The molecule has 0 saturated heterocycles. The highest BCUT2D eigenvalue weighted by Crippen LogP contribution is 2.33. The van der Waals surface area contributed by atoms with Gasteiger partial charge in [0.1, 0.15) is 11.5 Å².